The molecular formula is C23H28O3. The zero-order valence-electron chi connectivity index (χ0n) is 15.4. The first-order valence-electron chi connectivity index (χ1n) is 9.78. The summed E-state index contributed by atoms with van der Waals surface area (Å²) in [6.07, 6.45) is 4.28. The molecule has 2 aromatic rings. The summed E-state index contributed by atoms with van der Waals surface area (Å²) in [5.41, 5.74) is 1.98. The van der Waals surface area contributed by atoms with Gasteiger partial charge in [-0.3, -0.25) is 0 Å². The maximum atomic E-state index is 11.4. The second kappa shape index (κ2) is 6.40. The van der Waals surface area contributed by atoms with Gasteiger partial charge in [-0.05, 0) is 66.8 Å². The molecule has 0 amide bonds. The van der Waals surface area contributed by atoms with Gasteiger partial charge in [-0.1, -0.05) is 49.7 Å². The van der Waals surface area contributed by atoms with Crippen molar-refractivity contribution in [1.82, 2.24) is 0 Å². The van der Waals surface area contributed by atoms with Gasteiger partial charge >= 0.3 is 0 Å². The SMILES string of the molecule is CCC[C@@]12C[C@H](O)C(O)(c3ccccc3)C[C@H]1CCc1cc(O)ccc12. The van der Waals surface area contributed by atoms with Crippen molar-refractivity contribution in [2.45, 2.75) is 62.6 Å². The van der Waals surface area contributed by atoms with E-state index in [1.54, 1.807) is 6.07 Å². The molecular weight excluding hydrogens is 324 g/mol. The number of rotatable bonds is 3. The van der Waals surface area contributed by atoms with Crippen LogP contribution in [0.15, 0.2) is 48.5 Å². The average Bonchev–Trinajstić information content (AvgIpc) is 2.64. The molecule has 2 aromatic carbocycles. The van der Waals surface area contributed by atoms with Crippen LogP contribution in [0.25, 0.3) is 0 Å². The molecule has 0 aromatic heterocycles. The fourth-order valence-corrected chi connectivity index (χ4v) is 5.62. The average molecular weight is 352 g/mol. The number of fused-ring (bicyclic) bond motifs is 3. The van der Waals surface area contributed by atoms with Gasteiger partial charge in [0.1, 0.15) is 11.4 Å². The minimum atomic E-state index is -1.18. The number of aromatic hydroxyl groups is 1. The number of hydrogen-bond acceptors (Lipinski definition) is 3. The summed E-state index contributed by atoms with van der Waals surface area (Å²) in [4.78, 5) is 0. The molecule has 0 heterocycles. The van der Waals surface area contributed by atoms with Crippen LogP contribution in [-0.2, 0) is 17.4 Å². The Morgan fingerprint density at radius 2 is 1.85 bits per heavy atom. The lowest BCUT2D eigenvalue weighted by atomic mass is 9.51. The highest BCUT2D eigenvalue weighted by atomic mass is 16.3. The fourth-order valence-electron chi connectivity index (χ4n) is 5.62. The highest BCUT2D eigenvalue weighted by molar-refractivity contribution is 5.44. The monoisotopic (exact) mass is 352 g/mol. The van der Waals surface area contributed by atoms with Crippen molar-refractivity contribution in [3.05, 3.63) is 65.2 Å². The van der Waals surface area contributed by atoms with Crippen molar-refractivity contribution in [3.63, 3.8) is 0 Å². The molecule has 1 fully saturated rings. The Kier molecular flexibility index (Phi) is 4.32. The highest BCUT2D eigenvalue weighted by Crippen LogP contribution is 2.57. The van der Waals surface area contributed by atoms with Crippen LogP contribution in [0.3, 0.4) is 0 Å². The standard InChI is InChI=1S/C23H28O3/c1-2-12-22-15-21(25)23(26,17-6-4-3-5-7-17)14-18(22)9-8-16-13-19(24)10-11-20(16)22/h3-7,10-11,13,18,21,24-26H,2,8-9,12,14-15H2,1H3/t18-,21+,22-,23?/m1/s1. The molecule has 2 aliphatic rings. The Labute approximate surface area is 155 Å². The van der Waals surface area contributed by atoms with Crippen molar-refractivity contribution in [1.29, 1.82) is 0 Å². The Morgan fingerprint density at radius 3 is 2.58 bits per heavy atom. The lowest BCUT2D eigenvalue weighted by molar-refractivity contribution is -0.147. The first kappa shape index (κ1) is 17.6. The molecule has 4 rings (SSSR count). The molecule has 138 valence electrons. The number of aliphatic hydroxyl groups is 2. The minimum absolute atomic E-state index is 0.115. The predicted molar refractivity (Wildman–Crippen MR) is 102 cm³/mol. The van der Waals surface area contributed by atoms with E-state index in [9.17, 15) is 15.3 Å². The van der Waals surface area contributed by atoms with E-state index in [2.05, 4.69) is 6.92 Å². The van der Waals surface area contributed by atoms with E-state index in [4.69, 9.17) is 0 Å². The van der Waals surface area contributed by atoms with Crippen LogP contribution in [0.2, 0.25) is 0 Å². The number of hydrogen-bond donors (Lipinski definition) is 3. The van der Waals surface area contributed by atoms with Crippen LogP contribution in [0.1, 0.15) is 55.7 Å². The summed E-state index contributed by atoms with van der Waals surface area (Å²) in [6.45, 7) is 2.19. The molecule has 3 nitrogen and oxygen atoms in total. The maximum Gasteiger partial charge on any atom is 0.116 e. The van der Waals surface area contributed by atoms with Crippen LogP contribution in [0, 0.1) is 5.92 Å². The lowest BCUT2D eigenvalue weighted by Crippen LogP contribution is -2.56. The van der Waals surface area contributed by atoms with Crippen LogP contribution >= 0.6 is 0 Å². The number of aryl methyl sites for hydroxylation is 1. The second-order valence-electron chi connectivity index (χ2n) is 8.20. The summed E-state index contributed by atoms with van der Waals surface area (Å²) in [5, 5.41) is 32.4. The summed E-state index contributed by atoms with van der Waals surface area (Å²) in [5.74, 6) is 0.638. The Morgan fingerprint density at radius 1 is 1.08 bits per heavy atom. The predicted octanol–water partition coefficient (Wildman–Crippen LogP) is 4.04. The van der Waals surface area contributed by atoms with Gasteiger partial charge in [-0.2, -0.15) is 0 Å². The Balaban J connectivity index is 1.78. The van der Waals surface area contributed by atoms with E-state index >= 15 is 0 Å². The zero-order chi connectivity index (χ0) is 18.4. The van der Waals surface area contributed by atoms with E-state index in [0.29, 0.717) is 24.5 Å². The number of aliphatic hydroxyl groups excluding tert-OH is 1. The van der Waals surface area contributed by atoms with Crippen molar-refractivity contribution in [2.75, 3.05) is 0 Å². The van der Waals surface area contributed by atoms with Gasteiger partial charge in [-0.15, -0.1) is 0 Å². The number of phenolic OH excluding ortho intramolecular Hbond substituents is 1. The minimum Gasteiger partial charge on any atom is -0.508 e. The van der Waals surface area contributed by atoms with Crippen molar-refractivity contribution in [2.24, 2.45) is 5.92 Å². The van der Waals surface area contributed by atoms with Gasteiger partial charge in [0.05, 0.1) is 6.10 Å². The van der Waals surface area contributed by atoms with E-state index in [0.717, 1.165) is 31.2 Å². The number of phenols is 1. The topological polar surface area (TPSA) is 60.7 Å². The van der Waals surface area contributed by atoms with E-state index < -0.39 is 11.7 Å². The summed E-state index contributed by atoms with van der Waals surface area (Å²) >= 11 is 0. The Bertz CT molecular complexity index is 787. The van der Waals surface area contributed by atoms with Gasteiger partial charge in [0.2, 0.25) is 0 Å². The zero-order valence-corrected chi connectivity index (χ0v) is 15.4. The molecule has 1 saturated carbocycles. The van der Waals surface area contributed by atoms with Crippen LogP contribution in [0.5, 0.6) is 5.75 Å². The molecule has 0 bridgehead atoms. The van der Waals surface area contributed by atoms with E-state index in [-0.39, 0.29) is 5.41 Å². The lowest BCUT2D eigenvalue weighted by Gasteiger charge is -2.55. The van der Waals surface area contributed by atoms with Crippen LogP contribution in [0.4, 0.5) is 0 Å². The fraction of sp³-hybridized carbons (Fsp3) is 0.478. The Hall–Kier alpha value is -1.84. The molecule has 0 radical (unpaired) electrons. The molecule has 4 atom stereocenters. The molecule has 0 saturated heterocycles. The summed E-state index contributed by atoms with van der Waals surface area (Å²) < 4.78 is 0. The highest BCUT2D eigenvalue weighted by Gasteiger charge is 2.55. The van der Waals surface area contributed by atoms with Crippen molar-refractivity contribution < 1.29 is 15.3 Å². The van der Waals surface area contributed by atoms with Crippen molar-refractivity contribution >= 4 is 0 Å². The second-order valence-corrected chi connectivity index (χ2v) is 8.20. The molecule has 0 aliphatic heterocycles. The normalized spacial score (nSPS) is 33.3. The van der Waals surface area contributed by atoms with E-state index in [1.165, 1.54) is 11.1 Å². The molecule has 3 heteroatoms. The molecule has 3 N–H and O–H groups in total. The van der Waals surface area contributed by atoms with Gasteiger partial charge in [-0.25, -0.2) is 0 Å². The van der Waals surface area contributed by atoms with Gasteiger partial charge < -0.3 is 15.3 Å². The van der Waals surface area contributed by atoms with E-state index in [1.807, 2.05) is 42.5 Å². The van der Waals surface area contributed by atoms with Gasteiger partial charge in [0.25, 0.3) is 0 Å². The molecule has 26 heavy (non-hydrogen) atoms. The maximum absolute atomic E-state index is 11.4. The summed E-state index contributed by atoms with van der Waals surface area (Å²) in [7, 11) is 0. The smallest absolute Gasteiger partial charge is 0.116 e. The van der Waals surface area contributed by atoms with Crippen LogP contribution < -0.4 is 0 Å². The van der Waals surface area contributed by atoms with Crippen molar-refractivity contribution in [3.8, 4) is 5.75 Å². The molecule has 2 aliphatic carbocycles. The third kappa shape index (κ3) is 2.57. The van der Waals surface area contributed by atoms with Gasteiger partial charge in [0, 0.05) is 5.41 Å². The quantitative estimate of drug-likeness (QED) is 0.781. The molecule has 1 unspecified atom stereocenters. The largest absolute Gasteiger partial charge is 0.508 e. The molecule has 0 spiro atoms. The number of benzene rings is 2. The third-order valence-corrected chi connectivity index (χ3v) is 6.81. The summed E-state index contributed by atoms with van der Waals surface area (Å²) in [6, 6.07) is 15.3. The van der Waals surface area contributed by atoms with Crippen LogP contribution in [-0.4, -0.2) is 21.4 Å². The van der Waals surface area contributed by atoms with Gasteiger partial charge in [0.15, 0.2) is 0 Å². The third-order valence-electron chi connectivity index (χ3n) is 6.81. The first-order chi connectivity index (χ1) is 12.5. The first-order valence-corrected chi connectivity index (χ1v) is 9.78.